The number of rotatable bonds is 3. The Bertz CT molecular complexity index is 594. The summed E-state index contributed by atoms with van der Waals surface area (Å²) in [4.78, 5) is 11.9. The molecule has 0 bridgehead atoms. The standard InChI is InChI=1S/C12H14ClNO4S/c1-8-6-10(2-3-11(8)19(13,16)17)14-12(15)9-4-5-18-7-9/h2-3,6,9H,4-5,7H2,1H3,(H,14,15). The number of hydrogen-bond acceptors (Lipinski definition) is 4. The van der Waals surface area contributed by atoms with Gasteiger partial charge in [0.2, 0.25) is 5.91 Å². The quantitative estimate of drug-likeness (QED) is 0.866. The van der Waals surface area contributed by atoms with Crippen molar-refractivity contribution >= 4 is 31.3 Å². The maximum absolute atomic E-state index is 11.9. The molecular formula is C12H14ClNO4S. The summed E-state index contributed by atoms with van der Waals surface area (Å²) >= 11 is 0. The van der Waals surface area contributed by atoms with Gasteiger partial charge in [-0.25, -0.2) is 8.42 Å². The van der Waals surface area contributed by atoms with E-state index in [1.165, 1.54) is 12.1 Å². The molecule has 1 unspecified atom stereocenters. The fourth-order valence-electron chi connectivity index (χ4n) is 1.99. The average Bonchev–Trinajstić information content (AvgIpc) is 2.80. The van der Waals surface area contributed by atoms with Gasteiger partial charge in [-0.1, -0.05) is 0 Å². The summed E-state index contributed by atoms with van der Waals surface area (Å²) < 4.78 is 27.7. The number of carbonyl (C=O) groups excluding carboxylic acids is 1. The van der Waals surface area contributed by atoms with Crippen molar-refractivity contribution in [3.05, 3.63) is 23.8 Å². The van der Waals surface area contributed by atoms with Gasteiger partial charge >= 0.3 is 0 Å². The van der Waals surface area contributed by atoms with Crippen LogP contribution in [0.4, 0.5) is 5.69 Å². The predicted octanol–water partition coefficient (Wildman–Crippen LogP) is 1.90. The number of carbonyl (C=O) groups is 1. The van der Waals surface area contributed by atoms with Gasteiger partial charge in [-0.2, -0.15) is 0 Å². The first-order valence-corrected chi connectivity index (χ1v) is 8.13. The van der Waals surface area contributed by atoms with Crippen LogP contribution in [0.1, 0.15) is 12.0 Å². The van der Waals surface area contributed by atoms with E-state index in [0.29, 0.717) is 30.9 Å². The third kappa shape index (κ3) is 3.46. The zero-order valence-corrected chi connectivity index (χ0v) is 11.9. The van der Waals surface area contributed by atoms with Gasteiger partial charge < -0.3 is 10.1 Å². The summed E-state index contributed by atoms with van der Waals surface area (Å²) in [7, 11) is 1.54. The summed E-state index contributed by atoms with van der Waals surface area (Å²) in [5, 5.41) is 2.75. The molecule has 1 heterocycles. The topological polar surface area (TPSA) is 72.5 Å². The van der Waals surface area contributed by atoms with Crippen molar-refractivity contribution in [1.29, 1.82) is 0 Å². The van der Waals surface area contributed by atoms with Gasteiger partial charge in [0.25, 0.3) is 9.05 Å². The molecule has 1 aliphatic heterocycles. The van der Waals surface area contributed by atoms with Crippen LogP contribution >= 0.6 is 10.7 Å². The van der Waals surface area contributed by atoms with Crippen LogP contribution in [0.3, 0.4) is 0 Å². The molecule has 1 fully saturated rings. The molecule has 1 saturated heterocycles. The Morgan fingerprint density at radius 1 is 1.47 bits per heavy atom. The number of aryl methyl sites for hydroxylation is 1. The van der Waals surface area contributed by atoms with Crippen molar-refractivity contribution in [2.24, 2.45) is 5.92 Å². The van der Waals surface area contributed by atoms with Gasteiger partial charge in [-0.05, 0) is 37.1 Å². The van der Waals surface area contributed by atoms with Crippen LogP contribution in [0.25, 0.3) is 0 Å². The molecule has 0 spiro atoms. The lowest BCUT2D eigenvalue weighted by molar-refractivity contribution is -0.119. The molecule has 7 heteroatoms. The molecule has 1 atom stereocenters. The first-order chi connectivity index (χ1) is 8.88. The van der Waals surface area contributed by atoms with Crippen LogP contribution in [0, 0.1) is 12.8 Å². The van der Waals surface area contributed by atoms with Crippen LogP contribution in [0.15, 0.2) is 23.1 Å². The third-order valence-electron chi connectivity index (χ3n) is 3.01. The summed E-state index contributed by atoms with van der Waals surface area (Å²) in [6.07, 6.45) is 0.707. The number of nitrogens with one attached hydrogen (secondary N) is 1. The van der Waals surface area contributed by atoms with Gasteiger partial charge in [-0.3, -0.25) is 4.79 Å². The van der Waals surface area contributed by atoms with Crippen LogP contribution in [0.5, 0.6) is 0 Å². The Balaban J connectivity index is 2.14. The normalized spacial score (nSPS) is 19.4. The predicted molar refractivity (Wildman–Crippen MR) is 71.8 cm³/mol. The number of halogens is 1. The lowest BCUT2D eigenvalue weighted by Gasteiger charge is -2.11. The zero-order chi connectivity index (χ0) is 14.0. The average molecular weight is 304 g/mol. The second-order valence-electron chi connectivity index (χ2n) is 4.47. The minimum Gasteiger partial charge on any atom is -0.381 e. The highest BCUT2D eigenvalue weighted by Gasteiger charge is 2.23. The van der Waals surface area contributed by atoms with Crippen molar-refractivity contribution in [2.75, 3.05) is 18.5 Å². The van der Waals surface area contributed by atoms with Crippen molar-refractivity contribution in [3.8, 4) is 0 Å². The summed E-state index contributed by atoms with van der Waals surface area (Å²) in [5.74, 6) is -0.255. The molecule has 0 radical (unpaired) electrons. The van der Waals surface area contributed by atoms with Crippen LogP contribution < -0.4 is 5.32 Å². The molecule has 1 aliphatic rings. The second-order valence-corrected chi connectivity index (χ2v) is 7.00. The molecule has 1 N–H and O–H groups in total. The molecule has 2 rings (SSSR count). The number of hydrogen-bond donors (Lipinski definition) is 1. The second kappa shape index (κ2) is 5.48. The molecule has 104 valence electrons. The Morgan fingerprint density at radius 2 is 2.21 bits per heavy atom. The Hall–Kier alpha value is -1.11. The lowest BCUT2D eigenvalue weighted by Crippen LogP contribution is -2.22. The minimum absolute atomic E-state index is 0.0522. The lowest BCUT2D eigenvalue weighted by atomic mass is 10.1. The zero-order valence-electron chi connectivity index (χ0n) is 10.3. The van der Waals surface area contributed by atoms with E-state index in [-0.39, 0.29) is 16.7 Å². The van der Waals surface area contributed by atoms with Gasteiger partial charge in [0.1, 0.15) is 0 Å². The smallest absolute Gasteiger partial charge is 0.261 e. The molecule has 1 aromatic carbocycles. The molecule has 0 aromatic heterocycles. The largest absolute Gasteiger partial charge is 0.381 e. The molecule has 19 heavy (non-hydrogen) atoms. The first-order valence-electron chi connectivity index (χ1n) is 5.82. The van der Waals surface area contributed by atoms with Crippen LogP contribution in [0.2, 0.25) is 0 Å². The van der Waals surface area contributed by atoms with E-state index >= 15 is 0 Å². The number of amides is 1. The SMILES string of the molecule is Cc1cc(NC(=O)C2CCOC2)ccc1S(=O)(=O)Cl. The number of benzene rings is 1. The van der Waals surface area contributed by atoms with E-state index in [1.807, 2.05) is 0 Å². The van der Waals surface area contributed by atoms with Crippen molar-refractivity contribution in [1.82, 2.24) is 0 Å². The van der Waals surface area contributed by atoms with Gasteiger partial charge in [0.05, 0.1) is 17.4 Å². The van der Waals surface area contributed by atoms with Gasteiger partial charge in [0, 0.05) is 23.0 Å². The van der Waals surface area contributed by atoms with E-state index in [1.54, 1.807) is 13.0 Å². The number of anilines is 1. The van der Waals surface area contributed by atoms with E-state index in [4.69, 9.17) is 15.4 Å². The molecule has 1 amide bonds. The molecule has 1 aromatic rings. The van der Waals surface area contributed by atoms with Gasteiger partial charge in [-0.15, -0.1) is 0 Å². The first kappa shape index (κ1) is 14.3. The summed E-state index contributed by atoms with van der Waals surface area (Å²) in [6.45, 7) is 2.66. The Morgan fingerprint density at radius 3 is 2.74 bits per heavy atom. The summed E-state index contributed by atoms with van der Waals surface area (Å²) in [5.41, 5.74) is 1.05. The van der Waals surface area contributed by atoms with Crippen molar-refractivity contribution in [3.63, 3.8) is 0 Å². The Labute approximate surface area is 116 Å². The highest BCUT2D eigenvalue weighted by Crippen LogP contribution is 2.23. The molecule has 0 aliphatic carbocycles. The van der Waals surface area contributed by atoms with E-state index in [2.05, 4.69) is 5.32 Å². The van der Waals surface area contributed by atoms with Crippen LogP contribution in [-0.4, -0.2) is 27.5 Å². The highest BCUT2D eigenvalue weighted by molar-refractivity contribution is 8.13. The minimum atomic E-state index is -3.75. The van der Waals surface area contributed by atoms with E-state index in [0.717, 1.165) is 0 Å². The monoisotopic (exact) mass is 303 g/mol. The highest BCUT2D eigenvalue weighted by atomic mass is 35.7. The van der Waals surface area contributed by atoms with Crippen LogP contribution in [-0.2, 0) is 18.6 Å². The fraction of sp³-hybridized carbons (Fsp3) is 0.417. The molecule has 5 nitrogen and oxygen atoms in total. The third-order valence-corrected chi connectivity index (χ3v) is 4.49. The molecule has 0 saturated carbocycles. The van der Waals surface area contributed by atoms with Crippen molar-refractivity contribution < 1.29 is 17.9 Å². The summed E-state index contributed by atoms with van der Waals surface area (Å²) in [6, 6.07) is 4.50. The Kier molecular flexibility index (Phi) is 4.13. The van der Waals surface area contributed by atoms with Crippen molar-refractivity contribution in [2.45, 2.75) is 18.2 Å². The van der Waals surface area contributed by atoms with Gasteiger partial charge in [0.15, 0.2) is 0 Å². The van der Waals surface area contributed by atoms with E-state index in [9.17, 15) is 13.2 Å². The van der Waals surface area contributed by atoms with E-state index < -0.39 is 9.05 Å². The molecular weight excluding hydrogens is 290 g/mol. The number of ether oxygens (including phenoxy) is 1. The maximum Gasteiger partial charge on any atom is 0.261 e. The fourth-order valence-corrected chi connectivity index (χ4v) is 3.18. The maximum atomic E-state index is 11.9.